The van der Waals surface area contributed by atoms with Gasteiger partial charge in [0.05, 0.1) is 10.6 Å². The van der Waals surface area contributed by atoms with Crippen LogP contribution in [-0.4, -0.2) is 44.3 Å². The van der Waals surface area contributed by atoms with Crippen molar-refractivity contribution < 1.29 is 22.7 Å². The molecule has 5 aromatic rings. The van der Waals surface area contributed by atoms with Crippen molar-refractivity contribution in [2.75, 3.05) is 17.4 Å². The maximum Gasteiger partial charge on any atom is 0.264 e. The molecule has 51 heavy (non-hydrogen) atoms. The summed E-state index contributed by atoms with van der Waals surface area (Å²) >= 11 is 0. The van der Waals surface area contributed by atoms with Gasteiger partial charge in [0, 0.05) is 19.5 Å². The van der Waals surface area contributed by atoms with Crippen LogP contribution in [0.1, 0.15) is 42.0 Å². The molecule has 0 spiro atoms. The van der Waals surface area contributed by atoms with E-state index >= 15 is 0 Å². The van der Waals surface area contributed by atoms with Gasteiger partial charge in [-0.1, -0.05) is 104 Å². The molecule has 0 aliphatic carbocycles. The number of aryl methyl sites for hydroxylation is 2. The van der Waals surface area contributed by atoms with Crippen LogP contribution in [-0.2, 0) is 32.6 Å². The van der Waals surface area contributed by atoms with E-state index in [9.17, 15) is 18.0 Å². The smallest absolute Gasteiger partial charge is 0.264 e. The second-order valence-corrected chi connectivity index (χ2v) is 14.4. The van der Waals surface area contributed by atoms with E-state index in [0.29, 0.717) is 18.0 Å². The van der Waals surface area contributed by atoms with Crippen molar-refractivity contribution in [3.63, 3.8) is 0 Å². The van der Waals surface area contributed by atoms with E-state index in [0.717, 1.165) is 39.4 Å². The minimum Gasteiger partial charge on any atom is -0.457 e. The second-order valence-electron chi connectivity index (χ2n) is 12.5. The van der Waals surface area contributed by atoms with Gasteiger partial charge in [-0.05, 0) is 85.5 Å². The van der Waals surface area contributed by atoms with Crippen LogP contribution in [0.3, 0.4) is 0 Å². The average molecular weight is 704 g/mol. The fraction of sp³-hybridized carbons (Fsp3) is 0.238. The van der Waals surface area contributed by atoms with Crippen LogP contribution in [0.5, 0.6) is 11.5 Å². The lowest BCUT2D eigenvalue weighted by atomic mass is 10.0. The van der Waals surface area contributed by atoms with E-state index in [1.807, 2.05) is 106 Å². The van der Waals surface area contributed by atoms with Gasteiger partial charge in [-0.15, -0.1) is 0 Å². The van der Waals surface area contributed by atoms with Crippen molar-refractivity contribution in [3.8, 4) is 11.5 Å². The van der Waals surface area contributed by atoms with Gasteiger partial charge >= 0.3 is 0 Å². The summed E-state index contributed by atoms with van der Waals surface area (Å²) in [5, 5.41) is 3.03. The predicted octanol–water partition coefficient (Wildman–Crippen LogP) is 7.85. The van der Waals surface area contributed by atoms with Crippen LogP contribution >= 0.6 is 0 Å². The summed E-state index contributed by atoms with van der Waals surface area (Å²) in [7, 11) is -4.23. The number of benzene rings is 5. The molecule has 0 fully saturated rings. The second kappa shape index (κ2) is 17.5. The van der Waals surface area contributed by atoms with Gasteiger partial charge in [0.15, 0.2) is 0 Å². The Morgan fingerprint density at radius 3 is 2.00 bits per heavy atom. The minimum atomic E-state index is -4.23. The van der Waals surface area contributed by atoms with Gasteiger partial charge < -0.3 is 15.0 Å². The number of carbonyl (C=O) groups excluding carboxylic acids is 2. The van der Waals surface area contributed by atoms with Crippen molar-refractivity contribution in [3.05, 3.63) is 156 Å². The molecule has 2 amide bonds. The number of ether oxygens (including phenoxy) is 1. The first-order chi connectivity index (χ1) is 24.7. The zero-order valence-corrected chi connectivity index (χ0v) is 30.2. The van der Waals surface area contributed by atoms with Gasteiger partial charge in [0.2, 0.25) is 11.8 Å². The van der Waals surface area contributed by atoms with Crippen LogP contribution in [0.15, 0.2) is 138 Å². The first-order valence-electron chi connectivity index (χ1n) is 17.2. The third kappa shape index (κ3) is 9.86. The molecule has 1 N–H and O–H groups in total. The Balaban J connectivity index is 1.55. The molecule has 1 atom stereocenters. The fourth-order valence-electron chi connectivity index (χ4n) is 5.70. The van der Waals surface area contributed by atoms with Gasteiger partial charge in [-0.25, -0.2) is 8.42 Å². The van der Waals surface area contributed by atoms with Crippen LogP contribution < -0.4 is 14.4 Å². The molecule has 5 rings (SSSR count). The summed E-state index contributed by atoms with van der Waals surface area (Å²) < 4.78 is 35.9. The number of para-hydroxylation sites is 1. The lowest BCUT2D eigenvalue weighted by Gasteiger charge is -2.34. The molecule has 5 aromatic carbocycles. The average Bonchev–Trinajstić information content (AvgIpc) is 3.14. The number of sulfonamides is 1. The summed E-state index contributed by atoms with van der Waals surface area (Å²) in [6, 6.07) is 38.8. The number of hydrogen-bond donors (Lipinski definition) is 1. The Hall–Kier alpha value is -5.41. The van der Waals surface area contributed by atoms with Crippen LogP contribution in [0.2, 0.25) is 0 Å². The molecule has 9 heteroatoms. The van der Waals surface area contributed by atoms with E-state index in [2.05, 4.69) is 5.32 Å². The van der Waals surface area contributed by atoms with Gasteiger partial charge in [0.1, 0.15) is 24.1 Å². The SMILES string of the molecule is CCCCNC(=O)[C@@H](Cc1ccccc1)N(Cc1ccccc1C)C(=O)CN(c1ccc(Oc2ccccc2)cc1)S(=O)(=O)c1ccc(C)cc1. The first-order valence-corrected chi connectivity index (χ1v) is 18.7. The highest BCUT2D eigenvalue weighted by atomic mass is 32.2. The Morgan fingerprint density at radius 1 is 0.745 bits per heavy atom. The van der Waals surface area contributed by atoms with Gasteiger partial charge in [-0.3, -0.25) is 13.9 Å². The Bertz CT molecular complexity index is 1980. The molecule has 264 valence electrons. The van der Waals surface area contributed by atoms with Crippen molar-refractivity contribution in [1.82, 2.24) is 10.2 Å². The van der Waals surface area contributed by atoms with Gasteiger partial charge in [-0.2, -0.15) is 0 Å². The molecule has 0 unspecified atom stereocenters. The summed E-state index contributed by atoms with van der Waals surface area (Å²) in [4.78, 5) is 30.3. The highest BCUT2D eigenvalue weighted by molar-refractivity contribution is 7.92. The Morgan fingerprint density at radius 2 is 1.35 bits per heavy atom. The molecule has 0 heterocycles. The number of amides is 2. The van der Waals surface area contributed by atoms with Crippen LogP contribution in [0.4, 0.5) is 5.69 Å². The van der Waals surface area contributed by atoms with E-state index in [-0.39, 0.29) is 29.5 Å². The van der Waals surface area contributed by atoms with Gasteiger partial charge in [0.25, 0.3) is 10.0 Å². The van der Waals surface area contributed by atoms with E-state index in [1.54, 1.807) is 48.5 Å². The normalized spacial score (nSPS) is 11.7. The lowest BCUT2D eigenvalue weighted by Crippen LogP contribution is -2.53. The molecule has 0 saturated heterocycles. The number of anilines is 1. The molecular weight excluding hydrogens is 659 g/mol. The predicted molar refractivity (Wildman–Crippen MR) is 202 cm³/mol. The molecular formula is C42H45N3O5S. The third-order valence-electron chi connectivity index (χ3n) is 8.69. The quantitative estimate of drug-likeness (QED) is 0.106. The summed E-state index contributed by atoms with van der Waals surface area (Å²) in [6.07, 6.45) is 1.95. The third-order valence-corrected chi connectivity index (χ3v) is 10.5. The topological polar surface area (TPSA) is 96.0 Å². The first kappa shape index (κ1) is 36.9. The monoisotopic (exact) mass is 703 g/mol. The molecule has 0 aliphatic heterocycles. The van der Waals surface area contributed by atoms with E-state index in [4.69, 9.17) is 4.74 Å². The number of carbonyl (C=O) groups is 2. The summed E-state index contributed by atoms with van der Waals surface area (Å²) in [6.45, 7) is 5.94. The number of nitrogens with zero attached hydrogens (tertiary/aromatic N) is 2. The zero-order chi connectivity index (χ0) is 36.2. The summed E-state index contributed by atoms with van der Waals surface area (Å²) in [5.41, 5.74) is 3.89. The van der Waals surface area contributed by atoms with E-state index < -0.39 is 28.5 Å². The molecule has 0 saturated carbocycles. The maximum atomic E-state index is 14.8. The standard InChI is InChI=1S/C42H45N3O5S/c1-4-5-28-43-42(47)40(29-34-15-8-6-9-16-34)44(30-35-17-13-12-14-33(35)3)41(46)31-45(51(48,49)39-26-20-32(2)21-27-39)36-22-24-38(25-23-36)50-37-18-10-7-11-19-37/h6-27,40H,4-5,28-31H2,1-3H3,(H,43,47)/t40-/m1/s1. The van der Waals surface area contributed by atoms with Crippen molar-refractivity contribution in [2.45, 2.75) is 57.5 Å². The molecule has 8 nitrogen and oxygen atoms in total. The number of rotatable bonds is 16. The number of hydrogen-bond acceptors (Lipinski definition) is 5. The lowest BCUT2D eigenvalue weighted by molar-refractivity contribution is -0.140. The number of nitrogens with one attached hydrogen (secondary N) is 1. The summed E-state index contributed by atoms with van der Waals surface area (Å²) in [5.74, 6) is 0.351. The molecule has 0 aromatic heterocycles. The molecule has 0 radical (unpaired) electrons. The van der Waals surface area contributed by atoms with Crippen molar-refractivity contribution >= 4 is 27.5 Å². The Labute approximate surface area is 301 Å². The zero-order valence-electron chi connectivity index (χ0n) is 29.4. The highest BCUT2D eigenvalue weighted by Crippen LogP contribution is 2.29. The largest absolute Gasteiger partial charge is 0.457 e. The van der Waals surface area contributed by atoms with Crippen molar-refractivity contribution in [1.29, 1.82) is 0 Å². The van der Waals surface area contributed by atoms with Crippen LogP contribution in [0.25, 0.3) is 0 Å². The maximum absolute atomic E-state index is 14.8. The molecule has 0 aliphatic rings. The molecule has 0 bridgehead atoms. The highest BCUT2D eigenvalue weighted by Gasteiger charge is 2.34. The van der Waals surface area contributed by atoms with Crippen molar-refractivity contribution in [2.24, 2.45) is 0 Å². The fourth-order valence-corrected chi connectivity index (χ4v) is 7.12. The van der Waals surface area contributed by atoms with E-state index in [1.165, 1.54) is 4.90 Å². The number of unbranched alkanes of at least 4 members (excludes halogenated alkanes) is 1. The minimum absolute atomic E-state index is 0.0501. The van der Waals surface area contributed by atoms with Crippen LogP contribution in [0, 0.1) is 13.8 Å². The Kier molecular flexibility index (Phi) is 12.6.